The van der Waals surface area contributed by atoms with Crippen LogP contribution in [0.1, 0.15) is 20.8 Å². The molecule has 0 saturated carbocycles. The molecule has 0 fully saturated rings. The molecule has 0 amide bonds. The molecule has 1 rings (SSSR count). The first-order valence-corrected chi connectivity index (χ1v) is 5.46. The molecule has 0 aliphatic rings. The number of hydrogen-bond acceptors (Lipinski definition) is 4. The first-order valence-electron chi connectivity index (χ1n) is 5.46. The molecule has 0 aliphatic carbocycles. The summed E-state index contributed by atoms with van der Waals surface area (Å²) >= 11 is 0. The molecule has 6 heteroatoms. The second-order valence-corrected chi connectivity index (χ2v) is 5.06. The van der Waals surface area contributed by atoms with Crippen LogP contribution in [-0.4, -0.2) is 22.0 Å². The van der Waals surface area contributed by atoms with E-state index in [2.05, 4.69) is 5.32 Å². The Kier molecular flexibility index (Phi) is 3.90. The minimum atomic E-state index is -1.04. The summed E-state index contributed by atoms with van der Waals surface area (Å²) in [5.74, 6) is -1.04. The molecule has 0 aromatic heterocycles. The third-order valence-electron chi connectivity index (χ3n) is 2.51. The normalized spacial score (nSPS) is 12.8. The van der Waals surface area contributed by atoms with E-state index in [-0.39, 0.29) is 11.4 Å². The van der Waals surface area contributed by atoms with Crippen molar-refractivity contribution in [3.05, 3.63) is 34.4 Å². The summed E-state index contributed by atoms with van der Waals surface area (Å²) in [6.07, 6.45) is 0. The van der Waals surface area contributed by atoms with E-state index in [0.717, 1.165) is 0 Å². The van der Waals surface area contributed by atoms with E-state index in [0.29, 0.717) is 0 Å². The van der Waals surface area contributed by atoms with Gasteiger partial charge < -0.3 is 10.4 Å². The number of aliphatic carboxylic acids is 1. The topological polar surface area (TPSA) is 92.5 Å². The molecule has 0 spiro atoms. The van der Waals surface area contributed by atoms with E-state index in [1.54, 1.807) is 26.8 Å². The third kappa shape index (κ3) is 3.19. The minimum absolute atomic E-state index is 0.131. The second-order valence-electron chi connectivity index (χ2n) is 5.06. The highest BCUT2D eigenvalue weighted by Gasteiger charge is 2.32. The van der Waals surface area contributed by atoms with Crippen LogP contribution >= 0.6 is 0 Å². The second kappa shape index (κ2) is 5.03. The van der Waals surface area contributed by atoms with Crippen LogP contribution < -0.4 is 5.32 Å². The van der Waals surface area contributed by atoms with Crippen LogP contribution in [0, 0.1) is 15.5 Å². The zero-order valence-corrected chi connectivity index (χ0v) is 10.5. The number of carboxylic acid groups (broad SMARTS) is 1. The summed E-state index contributed by atoms with van der Waals surface area (Å²) in [5.41, 5.74) is -0.479. The molecule has 0 bridgehead atoms. The molecule has 1 aromatic carbocycles. The molecule has 1 unspecified atom stereocenters. The van der Waals surface area contributed by atoms with Crippen LogP contribution in [0.2, 0.25) is 0 Å². The standard InChI is InChI=1S/C12H16N2O4/c1-12(2,3)10(11(15)16)13-8-6-4-5-7-9(8)14(17)18/h4-7,10,13H,1-3H3,(H,15,16). The minimum Gasteiger partial charge on any atom is -0.480 e. The third-order valence-corrected chi connectivity index (χ3v) is 2.51. The fraction of sp³-hybridized carbons (Fsp3) is 0.417. The molecule has 0 saturated heterocycles. The number of nitrogens with zero attached hydrogens (tertiary/aromatic N) is 1. The molecule has 1 aromatic rings. The van der Waals surface area contributed by atoms with Gasteiger partial charge in [-0.25, -0.2) is 4.79 Å². The Hall–Kier alpha value is -2.11. The highest BCUT2D eigenvalue weighted by molar-refractivity contribution is 5.79. The maximum Gasteiger partial charge on any atom is 0.326 e. The number of nitrogens with one attached hydrogen (secondary N) is 1. The van der Waals surface area contributed by atoms with E-state index in [4.69, 9.17) is 5.11 Å². The largest absolute Gasteiger partial charge is 0.480 e. The molecular weight excluding hydrogens is 236 g/mol. The number of carboxylic acids is 1. The zero-order valence-electron chi connectivity index (χ0n) is 10.5. The number of nitro groups is 1. The molecule has 1 atom stereocenters. The van der Waals surface area contributed by atoms with Gasteiger partial charge in [0.05, 0.1) is 4.92 Å². The van der Waals surface area contributed by atoms with Crippen molar-refractivity contribution in [2.24, 2.45) is 5.41 Å². The Balaban J connectivity index is 3.09. The molecule has 18 heavy (non-hydrogen) atoms. The van der Waals surface area contributed by atoms with Crippen molar-refractivity contribution in [1.82, 2.24) is 0 Å². The van der Waals surface area contributed by atoms with Crippen molar-refractivity contribution >= 4 is 17.3 Å². The number of hydrogen-bond donors (Lipinski definition) is 2. The highest BCUT2D eigenvalue weighted by Crippen LogP contribution is 2.28. The molecule has 0 aliphatic heterocycles. The molecule has 98 valence electrons. The maximum atomic E-state index is 11.2. The van der Waals surface area contributed by atoms with E-state index < -0.39 is 22.3 Å². The summed E-state index contributed by atoms with van der Waals surface area (Å²) in [6, 6.07) is 5.09. The van der Waals surface area contributed by atoms with Crippen LogP contribution in [-0.2, 0) is 4.79 Å². The van der Waals surface area contributed by atoms with Gasteiger partial charge in [-0.05, 0) is 11.5 Å². The fourth-order valence-corrected chi connectivity index (χ4v) is 1.56. The van der Waals surface area contributed by atoms with Crippen molar-refractivity contribution in [1.29, 1.82) is 0 Å². The van der Waals surface area contributed by atoms with E-state index >= 15 is 0 Å². The first-order chi connectivity index (χ1) is 8.23. The average molecular weight is 252 g/mol. The zero-order chi connectivity index (χ0) is 13.9. The van der Waals surface area contributed by atoms with Crippen LogP contribution in [0.15, 0.2) is 24.3 Å². The SMILES string of the molecule is CC(C)(C)C(Nc1ccccc1[N+](=O)[O-])C(=O)O. The number of nitro benzene ring substituents is 1. The van der Waals surface area contributed by atoms with Crippen molar-refractivity contribution in [2.75, 3.05) is 5.32 Å². The Morgan fingerprint density at radius 2 is 1.94 bits per heavy atom. The summed E-state index contributed by atoms with van der Waals surface area (Å²) in [4.78, 5) is 21.5. The number of carbonyl (C=O) groups is 1. The predicted molar refractivity (Wildman–Crippen MR) is 67.6 cm³/mol. The summed E-state index contributed by atoms with van der Waals surface area (Å²) in [5, 5.41) is 22.7. The van der Waals surface area contributed by atoms with Crippen LogP contribution in [0.4, 0.5) is 11.4 Å². The van der Waals surface area contributed by atoms with Crippen molar-refractivity contribution in [3.63, 3.8) is 0 Å². The lowest BCUT2D eigenvalue weighted by atomic mass is 9.86. The van der Waals surface area contributed by atoms with Crippen LogP contribution in [0.5, 0.6) is 0 Å². The first kappa shape index (κ1) is 14.0. The lowest BCUT2D eigenvalue weighted by molar-refractivity contribution is -0.384. The smallest absolute Gasteiger partial charge is 0.326 e. The number of benzene rings is 1. The number of para-hydroxylation sites is 2. The van der Waals surface area contributed by atoms with Crippen molar-refractivity contribution < 1.29 is 14.8 Å². The molecule has 6 nitrogen and oxygen atoms in total. The van der Waals surface area contributed by atoms with Gasteiger partial charge in [-0.15, -0.1) is 0 Å². The van der Waals surface area contributed by atoms with Crippen LogP contribution in [0.25, 0.3) is 0 Å². The number of rotatable bonds is 4. The average Bonchev–Trinajstić information content (AvgIpc) is 2.24. The van der Waals surface area contributed by atoms with E-state index in [1.165, 1.54) is 18.2 Å². The van der Waals surface area contributed by atoms with Gasteiger partial charge in [-0.1, -0.05) is 32.9 Å². The monoisotopic (exact) mass is 252 g/mol. The Bertz CT molecular complexity index is 465. The van der Waals surface area contributed by atoms with Gasteiger partial charge in [0, 0.05) is 6.07 Å². The quantitative estimate of drug-likeness (QED) is 0.634. The lowest BCUT2D eigenvalue weighted by Crippen LogP contribution is -2.41. The molecule has 0 heterocycles. The Labute approximate surface area is 105 Å². The molecular formula is C12H16N2O4. The lowest BCUT2D eigenvalue weighted by Gasteiger charge is -2.28. The van der Waals surface area contributed by atoms with Crippen LogP contribution in [0.3, 0.4) is 0 Å². The number of anilines is 1. The summed E-state index contributed by atoms with van der Waals surface area (Å²) < 4.78 is 0. The Morgan fingerprint density at radius 1 is 1.39 bits per heavy atom. The maximum absolute atomic E-state index is 11.2. The van der Waals surface area contributed by atoms with Gasteiger partial charge in [-0.2, -0.15) is 0 Å². The van der Waals surface area contributed by atoms with Gasteiger partial charge in [-0.3, -0.25) is 10.1 Å². The van der Waals surface area contributed by atoms with Crippen molar-refractivity contribution in [2.45, 2.75) is 26.8 Å². The van der Waals surface area contributed by atoms with Gasteiger partial charge in [0.25, 0.3) is 5.69 Å². The summed E-state index contributed by atoms with van der Waals surface area (Å²) in [7, 11) is 0. The fourth-order valence-electron chi connectivity index (χ4n) is 1.56. The van der Waals surface area contributed by atoms with Gasteiger partial charge in [0.15, 0.2) is 0 Å². The van der Waals surface area contributed by atoms with E-state index in [1.807, 2.05) is 0 Å². The van der Waals surface area contributed by atoms with Gasteiger partial charge in [0.1, 0.15) is 11.7 Å². The Morgan fingerprint density at radius 3 is 2.39 bits per heavy atom. The summed E-state index contributed by atoms with van der Waals surface area (Å²) in [6.45, 7) is 5.27. The van der Waals surface area contributed by atoms with Gasteiger partial charge >= 0.3 is 5.97 Å². The molecule has 2 N–H and O–H groups in total. The van der Waals surface area contributed by atoms with E-state index in [9.17, 15) is 14.9 Å². The van der Waals surface area contributed by atoms with Crippen molar-refractivity contribution in [3.8, 4) is 0 Å². The molecule has 0 radical (unpaired) electrons. The highest BCUT2D eigenvalue weighted by atomic mass is 16.6. The van der Waals surface area contributed by atoms with Gasteiger partial charge in [0.2, 0.25) is 0 Å². The predicted octanol–water partition coefficient (Wildman–Crippen LogP) is 2.51.